The molecule has 0 radical (unpaired) electrons. The van der Waals surface area contributed by atoms with Crippen molar-refractivity contribution in [3.8, 4) is 11.8 Å². The molecule has 0 saturated carbocycles. The van der Waals surface area contributed by atoms with E-state index in [2.05, 4.69) is 36.1 Å². The molecule has 0 spiro atoms. The van der Waals surface area contributed by atoms with Gasteiger partial charge in [-0.3, -0.25) is 0 Å². The monoisotopic (exact) mass is 252 g/mol. The van der Waals surface area contributed by atoms with E-state index in [0.717, 1.165) is 11.1 Å². The molecule has 0 bridgehead atoms. The number of hydrogen-bond donors (Lipinski definition) is 0. The van der Waals surface area contributed by atoms with Crippen LogP contribution in [0.1, 0.15) is 18.1 Å². The molecule has 0 N–H and O–H groups in total. The summed E-state index contributed by atoms with van der Waals surface area (Å²) in [6.07, 6.45) is 0. The highest BCUT2D eigenvalue weighted by Crippen LogP contribution is 2.32. The van der Waals surface area contributed by atoms with Crippen molar-refractivity contribution in [2.45, 2.75) is 12.5 Å². The lowest BCUT2D eigenvalue weighted by atomic mass is 9.87. The van der Waals surface area contributed by atoms with Gasteiger partial charge in [0, 0.05) is 0 Å². The van der Waals surface area contributed by atoms with Gasteiger partial charge in [0.1, 0.15) is 10.5 Å². The van der Waals surface area contributed by atoms with Gasteiger partial charge in [-0.15, -0.1) is 5.92 Å². The number of rotatable bonds is 3. The highest BCUT2D eigenvalue weighted by molar-refractivity contribution is 5.98. The molecule has 2 aromatic rings. The van der Waals surface area contributed by atoms with E-state index in [1.165, 1.54) is 0 Å². The van der Waals surface area contributed by atoms with E-state index in [0.29, 0.717) is 10.5 Å². The van der Waals surface area contributed by atoms with Gasteiger partial charge < -0.3 is 4.43 Å². The molecule has 0 amide bonds. The standard InChI is InChI=1S/C16H16OSi/c1-2-13-16(17-18,14-9-5-3-6-10-14)15-11-7-4-8-12-15/h3-12H,1,18H3. The third-order valence-corrected chi connectivity index (χ3v) is 3.58. The highest BCUT2D eigenvalue weighted by Gasteiger charge is 2.31. The highest BCUT2D eigenvalue weighted by atomic mass is 28.2. The first-order valence-corrected chi connectivity index (χ1v) is 6.75. The Morgan fingerprint density at radius 3 is 1.67 bits per heavy atom. The Morgan fingerprint density at radius 2 is 1.33 bits per heavy atom. The molecule has 0 unspecified atom stereocenters. The molecule has 18 heavy (non-hydrogen) atoms. The summed E-state index contributed by atoms with van der Waals surface area (Å²) in [5, 5.41) is 0. The summed E-state index contributed by atoms with van der Waals surface area (Å²) in [6.45, 7) is 1.85. The van der Waals surface area contributed by atoms with Crippen LogP contribution >= 0.6 is 0 Å². The van der Waals surface area contributed by atoms with Gasteiger partial charge in [-0.1, -0.05) is 66.6 Å². The zero-order valence-corrected chi connectivity index (χ0v) is 12.7. The maximum atomic E-state index is 5.92. The largest absolute Gasteiger partial charge is 0.405 e. The van der Waals surface area contributed by atoms with Crippen LogP contribution in [0.2, 0.25) is 0 Å². The van der Waals surface area contributed by atoms with Crippen LogP contribution < -0.4 is 0 Å². The van der Waals surface area contributed by atoms with Crippen LogP contribution in [0.25, 0.3) is 0 Å². The van der Waals surface area contributed by atoms with E-state index in [-0.39, 0.29) is 0 Å². The smallest absolute Gasteiger partial charge is 0.169 e. The second kappa shape index (κ2) is 5.68. The Labute approximate surface area is 111 Å². The number of benzene rings is 2. The van der Waals surface area contributed by atoms with Crippen molar-refractivity contribution in [1.82, 2.24) is 0 Å². The van der Waals surface area contributed by atoms with Crippen LogP contribution in [0.4, 0.5) is 0 Å². The molecule has 2 rings (SSSR count). The quantitative estimate of drug-likeness (QED) is 0.601. The Kier molecular flexibility index (Phi) is 3.98. The van der Waals surface area contributed by atoms with Gasteiger partial charge in [0.05, 0.1) is 0 Å². The summed E-state index contributed by atoms with van der Waals surface area (Å²) in [6, 6.07) is 20.3. The molecule has 2 aromatic carbocycles. The fourth-order valence-electron chi connectivity index (χ4n) is 2.12. The van der Waals surface area contributed by atoms with Crippen molar-refractivity contribution < 1.29 is 4.43 Å². The minimum Gasteiger partial charge on any atom is -0.405 e. The summed E-state index contributed by atoms with van der Waals surface area (Å²) >= 11 is 0. The van der Waals surface area contributed by atoms with E-state index in [4.69, 9.17) is 4.43 Å². The lowest BCUT2D eigenvalue weighted by molar-refractivity contribution is 0.194. The third kappa shape index (κ3) is 2.24. The average Bonchev–Trinajstić information content (AvgIpc) is 2.47. The van der Waals surface area contributed by atoms with Crippen LogP contribution in [0.3, 0.4) is 0 Å². The van der Waals surface area contributed by atoms with Crippen LogP contribution in [0.15, 0.2) is 60.7 Å². The summed E-state index contributed by atoms with van der Waals surface area (Å²) in [5.41, 5.74) is 1.55. The normalized spacial score (nSPS) is 10.7. The minimum atomic E-state index is -0.622. The van der Waals surface area contributed by atoms with Crippen molar-refractivity contribution in [2.75, 3.05) is 0 Å². The van der Waals surface area contributed by atoms with E-state index in [1.807, 2.05) is 43.3 Å². The number of hydrogen-bond acceptors (Lipinski definition) is 1. The van der Waals surface area contributed by atoms with Gasteiger partial charge >= 0.3 is 0 Å². The van der Waals surface area contributed by atoms with Gasteiger partial charge in [-0.25, -0.2) is 0 Å². The molecule has 0 aliphatic carbocycles. The summed E-state index contributed by atoms with van der Waals surface area (Å²) in [7, 11) is 0.627. The Bertz CT molecular complexity index is 512. The zero-order valence-electron chi connectivity index (χ0n) is 10.7. The van der Waals surface area contributed by atoms with Gasteiger partial charge in [-0.05, 0) is 18.1 Å². The molecule has 0 aliphatic heterocycles. The molecule has 0 saturated heterocycles. The molecule has 90 valence electrons. The summed E-state index contributed by atoms with van der Waals surface area (Å²) in [5.74, 6) is 6.24. The molecular weight excluding hydrogens is 236 g/mol. The van der Waals surface area contributed by atoms with Crippen LogP contribution in [0.5, 0.6) is 0 Å². The molecule has 0 fully saturated rings. The minimum absolute atomic E-state index is 0.622. The lowest BCUT2D eigenvalue weighted by Gasteiger charge is -2.29. The fraction of sp³-hybridized carbons (Fsp3) is 0.125. The molecule has 0 aliphatic rings. The molecular formula is C16H16OSi. The van der Waals surface area contributed by atoms with Crippen molar-refractivity contribution in [2.24, 2.45) is 0 Å². The van der Waals surface area contributed by atoms with Gasteiger partial charge in [-0.2, -0.15) is 0 Å². The molecule has 0 heterocycles. The first kappa shape index (κ1) is 12.6. The Hall–Kier alpha value is -1.82. The summed E-state index contributed by atoms with van der Waals surface area (Å²) in [4.78, 5) is 0. The zero-order chi connectivity index (χ0) is 12.8. The van der Waals surface area contributed by atoms with E-state index in [9.17, 15) is 0 Å². The van der Waals surface area contributed by atoms with Crippen molar-refractivity contribution in [3.05, 3.63) is 71.8 Å². The van der Waals surface area contributed by atoms with E-state index < -0.39 is 5.60 Å². The SMILES string of the molecule is CC#CC(O[SiH3])(c1ccccc1)c1ccccc1. The average molecular weight is 252 g/mol. The topological polar surface area (TPSA) is 9.23 Å². The molecule has 2 heteroatoms. The second-order valence-electron chi connectivity index (χ2n) is 3.99. The molecule has 0 aromatic heterocycles. The first-order valence-electron chi connectivity index (χ1n) is 5.93. The van der Waals surface area contributed by atoms with Crippen LogP contribution in [-0.4, -0.2) is 10.5 Å². The van der Waals surface area contributed by atoms with Gasteiger partial charge in [0.2, 0.25) is 0 Å². The third-order valence-electron chi connectivity index (χ3n) is 2.97. The fourth-order valence-corrected chi connectivity index (χ4v) is 2.69. The van der Waals surface area contributed by atoms with Crippen LogP contribution in [-0.2, 0) is 10.0 Å². The first-order chi connectivity index (χ1) is 8.83. The predicted molar refractivity (Wildman–Crippen MR) is 78.1 cm³/mol. The Morgan fingerprint density at radius 1 is 0.889 bits per heavy atom. The maximum Gasteiger partial charge on any atom is 0.169 e. The van der Waals surface area contributed by atoms with Gasteiger partial charge in [0.15, 0.2) is 5.60 Å². The van der Waals surface area contributed by atoms with Crippen molar-refractivity contribution in [1.29, 1.82) is 0 Å². The summed E-state index contributed by atoms with van der Waals surface area (Å²) < 4.78 is 5.92. The maximum absolute atomic E-state index is 5.92. The molecule has 0 atom stereocenters. The van der Waals surface area contributed by atoms with Crippen molar-refractivity contribution in [3.63, 3.8) is 0 Å². The molecule has 1 nitrogen and oxygen atoms in total. The van der Waals surface area contributed by atoms with Crippen molar-refractivity contribution >= 4 is 10.5 Å². The van der Waals surface area contributed by atoms with E-state index in [1.54, 1.807) is 0 Å². The van der Waals surface area contributed by atoms with Gasteiger partial charge in [0.25, 0.3) is 0 Å². The lowest BCUT2D eigenvalue weighted by Crippen LogP contribution is -2.28. The van der Waals surface area contributed by atoms with E-state index >= 15 is 0 Å². The van der Waals surface area contributed by atoms with Crippen LogP contribution in [0, 0.1) is 11.8 Å². The second-order valence-corrected chi connectivity index (χ2v) is 4.40. The Balaban J connectivity index is 2.64. The predicted octanol–water partition coefficient (Wildman–Crippen LogP) is 2.25.